The van der Waals surface area contributed by atoms with Crippen LogP contribution in [-0.4, -0.2) is 46.8 Å². The number of fused-ring (bicyclic) bond motifs is 1. The summed E-state index contributed by atoms with van der Waals surface area (Å²) in [5, 5.41) is 2.82. The molecule has 0 spiro atoms. The number of carbonyl (C=O) groups is 2. The van der Waals surface area contributed by atoms with Gasteiger partial charge in [-0.15, -0.1) is 0 Å². The molecule has 7 nitrogen and oxygen atoms in total. The van der Waals surface area contributed by atoms with E-state index in [0.29, 0.717) is 23.5 Å². The summed E-state index contributed by atoms with van der Waals surface area (Å²) in [6, 6.07) is 12.4. The minimum absolute atomic E-state index is 0.210. The maximum atomic E-state index is 12.8. The molecule has 28 heavy (non-hydrogen) atoms. The molecule has 2 amide bonds. The van der Waals surface area contributed by atoms with Crippen LogP contribution in [0.1, 0.15) is 40.9 Å². The van der Waals surface area contributed by atoms with Gasteiger partial charge in [-0.05, 0) is 42.8 Å². The van der Waals surface area contributed by atoms with Gasteiger partial charge in [-0.3, -0.25) is 14.0 Å². The number of imidazole rings is 1. The normalized spacial score (nSPS) is 10.7. The lowest BCUT2D eigenvalue weighted by Gasteiger charge is -2.15. The quantitative estimate of drug-likeness (QED) is 0.681. The third-order valence-electron chi connectivity index (χ3n) is 4.50. The molecule has 0 unspecified atom stereocenters. The van der Waals surface area contributed by atoms with Crippen LogP contribution in [0, 0.1) is 0 Å². The highest BCUT2D eigenvalue weighted by Crippen LogP contribution is 2.19. The number of benzene rings is 1. The summed E-state index contributed by atoms with van der Waals surface area (Å²) in [4.78, 5) is 31.7. The number of unbranched alkanes of at least 4 members (excludes halogenated alkanes) is 1. The summed E-state index contributed by atoms with van der Waals surface area (Å²) in [5.74, 6) is 0.352. The maximum absolute atomic E-state index is 12.8. The van der Waals surface area contributed by atoms with Crippen molar-refractivity contribution in [3.8, 4) is 5.75 Å². The van der Waals surface area contributed by atoms with Crippen LogP contribution in [-0.2, 0) is 0 Å². The van der Waals surface area contributed by atoms with Crippen LogP contribution in [0.4, 0.5) is 5.69 Å². The lowest BCUT2D eigenvalue weighted by molar-refractivity contribution is 0.0780. The van der Waals surface area contributed by atoms with Gasteiger partial charge in [-0.25, -0.2) is 4.98 Å². The van der Waals surface area contributed by atoms with E-state index in [-0.39, 0.29) is 23.3 Å². The van der Waals surface area contributed by atoms with Gasteiger partial charge in [0.25, 0.3) is 11.8 Å². The molecule has 0 aliphatic rings. The largest absolute Gasteiger partial charge is 0.497 e. The van der Waals surface area contributed by atoms with E-state index in [1.807, 2.05) is 12.1 Å². The van der Waals surface area contributed by atoms with E-state index in [0.717, 1.165) is 12.8 Å². The van der Waals surface area contributed by atoms with Crippen LogP contribution in [0.15, 0.2) is 48.7 Å². The van der Waals surface area contributed by atoms with Gasteiger partial charge < -0.3 is 15.0 Å². The second-order valence-electron chi connectivity index (χ2n) is 6.50. The Kier molecular flexibility index (Phi) is 5.93. The van der Waals surface area contributed by atoms with Crippen molar-refractivity contribution in [1.29, 1.82) is 0 Å². The molecule has 0 bridgehead atoms. The van der Waals surface area contributed by atoms with Gasteiger partial charge in [0.1, 0.15) is 5.75 Å². The predicted molar refractivity (Wildman–Crippen MR) is 108 cm³/mol. The van der Waals surface area contributed by atoms with Crippen LogP contribution in [0.5, 0.6) is 5.75 Å². The summed E-state index contributed by atoms with van der Waals surface area (Å²) < 4.78 is 6.79. The standard InChI is InChI=1S/C21H24N4O3/c1-4-5-13-24(2)21(27)19-23-18(17-8-6-7-14-25(17)19)20(26)22-15-9-11-16(28-3)12-10-15/h6-12,14H,4-5,13H2,1-3H3,(H,22,26). The Morgan fingerprint density at radius 3 is 2.61 bits per heavy atom. The van der Waals surface area contributed by atoms with E-state index >= 15 is 0 Å². The molecule has 0 aliphatic heterocycles. The monoisotopic (exact) mass is 380 g/mol. The Bertz CT molecular complexity index is 979. The number of anilines is 1. The van der Waals surface area contributed by atoms with Gasteiger partial charge in [-0.1, -0.05) is 19.4 Å². The molecule has 0 atom stereocenters. The topological polar surface area (TPSA) is 75.9 Å². The lowest BCUT2D eigenvalue weighted by atomic mass is 10.2. The van der Waals surface area contributed by atoms with Crippen molar-refractivity contribution in [2.24, 2.45) is 0 Å². The van der Waals surface area contributed by atoms with Crippen LogP contribution in [0.2, 0.25) is 0 Å². The Hall–Kier alpha value is -3.35. The molecule has 0 fully saturated rings. The highest BCUT2D eigenvalue weighted by Gasteiger charge is 2.23. The molecule has 1 N–H and O–H groups in total. The number of nitrogens with zero attached hydrogens (tertiary/aromatic N) is 3. The zero-order chi connectivity index (χ0) is 20.1. The molecule has 3 rings (SSSR count). The summed E-state index contributed by atoms with van der Waals surface area (Å²) in [7, 11) is 3.33. The predicted octanol–water partition coefficient (Wildman–Crippen LogP) is 3.47. The van der Waals surface area contributed by atoms with Gasteiger partial charge in [0.15, 0.2) is 5.69 Å². The van der Waals surface area contributed by atoms with Crippen LogP contribution < -0.4 is 10.1 Å². The number of aromatic nitrogens is 2. The van der Waals surface area contributed by atoms with Crippen LogP contribution in [0.3, 0.4) is 0 Å². The maximum Gasteiger partial charge on any atom is 0.289 e. The van der Waals surface area contributed by atoms with E-state index in [1.165, 1.54) is 0 Å². The van der Waals surface area contributed by atoms with E-state index in [1.54, 1.807) is 60.0 Å². The van der Waals surface area contributed by atoms with Crippen molar-refractivity contribution in [3.05, 3.63) is 60.2 Å². The average molecular weight is 380 g/mol. The van der Waals surface area contributed by atoms with Crippen molar-refractivity contribution < 1.29 is 14.3 Å². The van der Waals surface area contributed by atoms with Crippen LogP contribution >= 0.6 is 0 Å². The van der Waals surface area contributed by atoms with Crippen molar-refractivity contribution in [3.63, 3.8) is 0 Å². The molecule has 2 aromatic heterocycles. The first-order valence-corrected chi connectivity index (χ1v) is 9.23. The summed E-state index contributed by atoms with van der Waals surface area (Å²) in [5.41, 5.74) is 1.42. The minimum Gasteiger partial charge on any atom is -0.497 e. The van der Waals surface area contributed by atoms with Crippen molar-refractivity contribution in [2.75, 3.05) is 26.0 Å². The zero-order valence-corrected chi connectivity index (χ0v) is 16.3. The Balaban J connectivity index is 1.90. The number of rotatable bonds is 7. The fourth-order valence-electron chi connectivity index (χ4n) is 2.89. The number of methoxy groups -OCH3 is 1. The van der Waals surface area contributed by atoms with Gasteiger partial charge in [0.2, 0.25) is 5.82 Å². The Labute approximate surface area is 163 Å². The second-order valence-corrected chi connectivity index (χ2v) is 6.50. The summed E-state index contributed by atoms with van der Waals surface area (Å²) in [6.45, 7) is 2.72. The van der Waals surface area contributed by atoms with E-state index < -0.39 is 0 Å². The highest BCUT2D eigenvalue weighted by molar-refractivity contribution is 6.08. The summed E-state index contributed by atoms with van der Waals surface area (Å²) in [6.07, 6.45) is 3.65. The summed E-state index contributed by atoms with van der Waals surface area (Å²) >= 11 is 0. The smallest absolute Gasteiger partial charge is 0.289 e. The number of ether oxygens (including phenoxy) is 1. The van der Waals surface area contributed by atoms with Crippen molar-refractivity contribution >= 4 is 23.0 Å². The first-order chi connectivity index (χ1) is 13.5. The van der Waals surface area contributed by atoms with Crippen molar-refractivity contribution in [1.82, 2.24) is 14.3 Å². The lowest BCUT2D eigenvalue weighted by Crippen LogP contribution is -2.29. The molecule has 0 aliphatic carbocycles. The molecule has 0 saturated carbocycles. The van der Waals surface area contributed by atoms with Gasteiger partial charge in [0.05, 0.1) is 12.6 Å². The fraction of sp³-hybridized carbons (Fsp3) is 0.286. The van der Waals surface area contributed by atoms with Gasteiger partial charge >= 0.3 is 0 Å². The Morgan fingerprint density at radius 2 is 1.93 bits per heavy atom. The molecule has 0 radical (unpaired) electrons. The molecular formula is C21H24N4O3. The van der Waals surface area contributed by atoms with Crippen molar-refractivity contribution in [2.45, 2.75) is 19.8 Å². The molecular weight excluding hydrogens is 356 g/mol. The van der Waals surface area contributed by atoms with E-state index in [4.69, 9.17) is 4.74 Å². The van der Waals surface area contributed by atoms with Crippen LogP contribution in [0.25, 0.3) is 5.52 Å². The SMILES string of the molecule is CCCCN(C)C(=O)c1nc(C(=O)Nc2ccc(OC)cc2)c2ccccn12. The molecule has 2 heterocycles. The van der Waals surface area contributed by atoms with E-state index in [9.17, 15) is 9.59 Å². The third-order valence-corrected chi connectivity index (χ3v) is 4.50. The molecule has 3 aromatic rings. The number of pyridine rings is 1. The highest BCUT2D eigenvalue weighted by atomic mass is 16.5. The number of nitrogens with one attached hydrogen (secondary N) is 1. The second kappa shape index (κ2) is 8.56. The third kappa shape index (κ3) is 3.98. The first kappa shape index (κ1) is 19.4. The number of carbonyl (C=O) groups excluding carboxylic acids is 2. The Morgan fingerprint density at radius 1 is 1.18 bits per heavy atom. The fourth-order valence-corrected chi connectivity index (χ4v) is 2.89. The molecule has 7 heteroatoms. The first-order valence-electron chi connectivity index (χ1n) is 9.23. The number of hydrogen-bond donors (Lipinski definition) is 1. The van der Waals surface area contributed by atoms with E-state index in [2.05, 4.69) is 17.2 Å². The number of hydrogen-bond acceptors (Lipinski definition) is 4. The average Bonchev–Trinajstić information content (AvgIpc) is 3.11. The molecule has 0 saturated heterocycles. The van der Waals surface area contributed by atoms with Gasteiger partial charge in [-0.2, -0.15) is 0 Å². The minimum atomic E-state index is -0.371. The van der Waals surface area contributed by atoms with Gasteiger partial charge in [0, 0.05) is 25.5 Å². The number of amides is 2. The molecule has 146 valence electrons. The zero-order valence-electron chi connectivity index (χ0n) is 16.3. The molecule has 1 aromatic carbocycles.